The number of likely N-dealkylation sites (N-methyl/N-ethyl adjacent to an activating group) is 1. The molecule has 0 spiro atoms. The van der Waals surface area contributed by atoms with E-state index in [-0.39, 0.29) is 16.7 Å². The van der Waals surface area contributed by atoms with E-state index in [0.29, 0.717) is 11.4 Å². The van der Waals surface area contributed by atoms with Crippen molar-refractivity contribution in [3.05, 3.63) is 76.2 Å². The second-order valence-corrected chi connectivity index (χ2v) is 9.06. The summed E-state index contributed by atoms with van der Waals surface area (Å²) in [5.74, 6) is -0.230. The van der Waals surface area contributed by atoms with Crippen molar-refractivity contribution in [1.29, 1.82) is 0 Å². The molecule has 0 atom stereocenters. The molecule has 0 unspecified atom stereocenters. The van der Waals surface area contributed by atoms with Gasteiger partial charge in [-0.25, -0.2) is 0 Å². The van der Waals surface area contributed by atoms with Crippen LogP contribution in [0.25, 0.3) is 11.6 Å². The minimum Gasteiger partial charge on any atom is -0.366 e. The van der Waals surface area contributed by atoms with Crippen LogP contribution in [0.5, 0.6) is 0 Å². The molecule has 2 aromatic carbocycles. The van der Waals surface area contributed by atoms with Gasteiger partial charge in [-0.15, -0.1) is 0 Å². The van der Waals surface area contributed by atoms with Gasteiger partial charge in [0, 0.05) is 18.3 Å². The molecule has 0 saturated carbocycles. The van der Waals surface area contributed by atoms with Gasteiger partial charge in [0.05, 0.1) is 17.0 Å². The number of nitrogens with zero attached hydrogens (tertiary/aromatic N) is 2. The van der Waals surface area contributed by atoms with E-state index >= 15 is 0 Å². The first kappa shape index (κ1) is 19.5. The van der Waals surface area contributed by atoms with E-state index in [1.165, 1.54) is 16.2 Å². The molecule has 148 valence electrons. The van der Waals surface area contributed by atoms with Crippen LogP contribution in [0.1, 0.15) is 37.5 Å². The lowest BCUT2D eigenvalue weighted by Crippen LogP contribution is -2.42. The van der Waals surface area contributed by atoms with Crippen LogP contribution in [0.3, 0.4) is 0 Å². The number of carbonyl (C=O) groups is 2. The first-order valence-electron chi connectivity index (χ1n) is 9.63. The first-order chi connectivity index (χ1) is 13.8. The third kappa shape index (κ3) is 3.62. The number of thioether (sulfide) groups is 1. The van der Waals surface area contributed by atoms with Crippen molar-refractivity contribution in [1.82, 2.24) is 4.90 Å². The average molecular weight is 405 g/mol. The fraction of sp³-hybridized carbons (Fsp3) is 0.250. The average Bonchev–Trinajstić information content (AvgIpc) is 2.94. The molecular formula is C24H24N2O2S. The van der Waals surface area contributed by atoms with Crippen LogP contribution in [-0.2, 0) is 11.3 Å². The number of amides is 2. The van der Waals surface area contributed by atoms with E-state index in [1.54, 1.807) is 0 Å². The van der Waals surface area contributed by atoms with E-state index in [0.717, 1.165) is 28.5 Å². The van der Waals surface area contributed by atoms with Crippen LogP contribution in [-0.4, -0.2) is 28.6 Å². The van der Waals surface area contributed by atoms with Crippen LogP contribution in [0.2, 0.25) is 0 Å². The predicted octanol–water partition coefficient (Wildman–Crippen LogP) is 5.55. The van der Waals surface area contributed by atoms with E-state index in [4.69, 9.17) is 0 Å². The Balaban J connectivity index is 1.62. The number of carbonyl (C=O) groups excluding carboxylic acids is 2. The van der Waals surface area contributed by atoms with Crippen LogP contribution >= 0.6 is 11.8 Å². The quantitative estimate of drug-likeness (QED) is 0.629. The number of benzene rings is 2. The van der Waals surface area contributed by atoms with Crippen LogP contribution in [0.4, 0.5) is 10.5 Å². The molecule has 0 aromatic heterocycles. The second-order valence-electron chi connectivity index (χ2n) is 8.07. The Morgan fingerprint density at radius 3 is 2.52 bits per heavy atom. The maximum atomic E-state index is 12.8. The molecule has 29 heavy (non-hydrogen) atoms. The number of imide groups is 1. The van der Waals surface area contributed by atoms with Gasteiger partial charge in [-0.05, 0) is 67.4 Å². The Bertz CT molecular complexity index is 1050. The Hall–Kier alpha value is -2.79. The largest absolute Gasteiger partial charge is 0.366 e. The molecule has 2 amide bonds. The van der Waals surface area contributed by atoms with Crippen molar-refractivity contribution in [3.63, 3.8) is 0 Å². The zero-order valence-electron chi connectivity index (χ0n) is 17.1. The Morgan fingerprint density at radius 1 is 1.07 bits per heavy atom. The summed E-state index contributed by atoms with van der Waals surface area (Å²) >= 11 is 1.01. The van der Waals surface area contributed by atoms with Crippen molar-refractivity contribution in [2.75, 3.05) is 11.9 Å². The molecule has 1 saturated heterocycles. The van der Waals surface area contributed by atoms with Gasteiger partial charge in [-0.2, -0.15) is 0 Å². The molecule has 2 heterocycles. The van der Waals surface area contributed by atoms with E-state index in [9.17, 15) is 9.59 Å². The van der Waals surface area contributed by atoms with Crippen molar-refractivity contribution in [2.24, 2.45) is 0 Å². The van der Waals surface area contributed by atoms with Gasteiger partial charge in [0.25, 0.3) is 11.1 Å². The van der Waals surface area contributed by atoms with E-state index in [1.807, 2.05) is 42.5 Å². The fourth-order valence-corrected chi connectivity index (χ4v) is 4.66. The molecule has 0 aliphatic carbocycles. The lowest BCUT2D eigenvalue weighted by molar-refractivity contribution is -0.123. The monoisotopic (exact) mass is 404 g/mol. The van der Waals surface area contributed by atoms with Gasteiger partial charge in [0.2, 0.25) is 0 Å². The van der Waals surface area contributed by atoms with Gasteiger partial charge >= 0.3 is 0 Å². The van der Waals surface area contributed by atoms with Crippen molar-refractivity contribution < 1.29 is 9.59 Å². The van der Waals surface area contributed by atoms with Crippen molar-refractivity contribution in [2.45, 2.75) is 32.9 Å². The summed E-state index contributed by atoms with van der Waals surface area (Å²) in [6.07, 6.45) is 4.08. The number of fused-ring (bicyclic) bond motifs is 1. The molecule has 0 N–H and O–H groups in total. The highest BCUT2D eigenvalue weighted by Crippen LogP contribution is 2.39. The SMILES string of the molecule is CC1=CC(C)(C)N(C)c2ccc(/C=C3/SC(=O)N(Cc4ccccc4)C3=O)cc21. The van der Waals surface area contributed by atoms with Crippen molar-refractivity contribution in [3.8, 4) is 0 Å². The summed E-state index contributed by atoms with van der Waals surface area (Å²) in [5, 5.41) is -0.222. The lowest BCUT2D eigenvalue weighted by atomic mass is 9.88. The Kier molecular flexibility index (Phi) is 4.87. The minimum absolute atomic E-state index is 0.0430. The maximum Gasteiger partial charge on any atom is 0.293 e. The Morgan fingerprint density at radius 2 is 1.79 bits per heavy atom. The van der Waals surface area contributed by atoms with Gasteiger partial charge in [0.1, 0.15) is 0 Å². The third-order valence-electron chi connectivity index (χ3n) is 5.60. The van der Waals surface area contributed by atoms with Crippen LogP contribution in [0.15, 0.2) is 59.5 Å². The summed E-state index contributed by atoms with van der Waals surface area (Å²) in [7, 11) is 2.09. The van der Waals surface area contributed by atoms with Gasteiger partial charge < -0.3 is 4.90 Å². The molecule has 4 nitrogen and oxygen atoms in total. The highest BCUT2D eigenvalue weighted by atomic mass is 32.2. The van der Waals surface area contributed by atoms with E-state index in [2.05, 4.69) is 50.9 Å². The smallest absolute Gasteiger partial charge is 0.293 e. The van der Waals surface area contributed by atoms with Gasteiger partial charge in [-0.3, -0.25) is 14.5 Å². The number of hydrogen-bond donors (Lipinski definition) is 0. The summed E-state index contributed by atoms with van der Waals surface area (Å²) in [6.45, 7) is 6.80. The molecule has 5 heteroatoms. The maximum absolute atomic E-state index is 12.8. The standard InChI is InChI=1S/C24H24N2O2S/c1-16-14-24(2,3)25(4)20-11-10-18(12-19(16)20)13-21-22(27)26(23(28)29-21)15-17-8-6-5-7-9-17/h5-14H,15H2,1-4H3/b21-13+. The Labute approximate surface area is 175 Å². The zero-order chi connectivity index (χ0) is 20.8. The molecule has 2 aliphatic rings. The highest BCUT2D eigenvalue weighted by molar-refractivity contribution is 8.18. The molecule has 2 aliphatic heterocycles. The minimum atomic E-state index is -0.230. The molecule has 0 bridgehead atoms. The van der Waals surface area contributed by atoms with Crippen LogP contribution < -0.4 is 4.90 Å². The highest BCUT2D eigenvalue weighted by Gasteiger charge is 2.35. The summed E-state index contributed by atoms with van der Waals surface area (Å²) in [4.78, 5) is 29.2. The van der Waals surface area contributed by atoms with Gasteiger partial charge in [-0.1, -0.05) is 42.5 Å². The summed E-state index contributed by atoms with van der Waals surface area (Å²) < 4.78 is 0. The summed E-state index contributed by atoms with van der Waals surface area (Å²) in [5.41, 5.74) is 5.37. The number of hydrogen-bond acceptors (Lipinski definition) is 4. The van der Waals surface area contributed by atoms with E-state index < -0.39 is 0 Å². The predicted molar refractivity (Wildman–Crippen MR) is 121 cm³/mol. The van der Waals surface area contributed by atoms with Crippen LogP contribution in [0, 0.1) is 0 Å². The molecule has 0 radical (unpaired) electrons. The molecule has 4 rings (SSSR count). The number of anilines is 1. The number of allylic oxidation sites excluding steroid dienone is 1. The second kappa shape index (κ2) is 7.23. The zero-order valence-corrected chi connectivity index (χ0v) is 17.9. The molecular weight excluding hydrogens is 380 g/mol. The third-order valence-corrected chi connectivity index (χ3v) is 6.50. The van der Waals surface area contributed by atoms with Crippen molar-refractivity contribution >= 4 is 40.2 Å². The molecule has 1 fully saturated rings. The normalized spacial score (nSPS) is 19.6. The fourth-order valence-electron chi connectivity index (χ4n) is 3.82. The number of rotatable bonds is 3. The lowest BCUT2D eigenvalue weighted by Gasteiger charge is -2.40. The topological polar surface area (TPSA) is 40.6 Å². The summed E-state index contributed by atoms with van der Waals surface area (Å²) in [6, 6.07) is 15.8. The molecule has 2 aromatic rings. The first-order valence-corrected chi connectivity index (χ1v) is 10.4. The van der Waals surface area contributed by atoms with Gasteiger partial charge in [0.15, 0.2) is 0 Å².